The molecule has 0 saturated carbocycles. The summed E-state index contributed by atoms with van der Waals surface area (Å²) in [6.07, 6.45) is -0.163. The van der Waals surface area contributed by atoms with Crippen LogP contribution in [0.1, 0.15) is 19.5 Å². The van der Waals surface area contributed by atoms with Gasteiger partial charge in [0.15, 0.2) is 9.84 Å². The minimum absolute atomic E-state index is 0.0162. The van der Waals surface area contributed by atoms with Gasteiger partial charge in [0.05, 0.1) is 39.0 Å². The number of halogens is 2. The molecule has 25 heavy (non-hydrogen) atoms. The number of aromatic nitrogens is 2. The molecule has 0 aliphatic carbocycles. The molecule has 1 aliphatic heterocycles. The Bertz CT molecular complexity index is 1010. The number of benzene rings is 1. The van der Waals surface area contributed by atoms with Gasteiger partial charge in [0, 0.05) is 12.6 Å². The van der Waals surface area contributed by atoms with E-state index >= 15 is 0 Å². The molecule has 2 heterocycles. The first-order valence-electron chi connectivity index (χ1n) is 7.50. The van der Waals surface area contributed by atoms with Crippen molar-refractivity contribution < 1.29 is 18.3 Å². The van der Waals surface area contributed by atoms with Crippen LogP contribution in [0.25, 0.3) is 5.69 Å². The Morgan fingerprint density at radius 2 is 1.92 bits per heavy atom. The van der Waals surface area contributed by atoms with Gasteiger partial charge in [0.25, 0.3) is 0 Å². The van der Waals surface area contributed by atoms with Crippen molar-refractivity contribution in [3.63, 3.8) is 0 Å². The zero-order valence-corrected chi connectivity index (χ0v) is 15.8. The molecule has 136 valence electrons. The summed E-state index contributed by atoms with van der Waals surface area (Å²) in [5.41, 5.74) is -0.348. The van der Waals surface area contributed by atoms with Crippen LogP contribution in [0.5, 0.6) is 11.6 Å². The van der Waals surface area contributed by atoms with E-state index in [-0.39, 0.29) is 39.8 Å². The molecule has 3 rings (SSSR count). The summed E-state index contributed by atoms with van der Waals surface area (Å²) in [4.78, 5) is 12.7. The van der Waals surface area contributed by atoms with Crippen LogP contribution in [-0.4, -0.2) is 34.5 Å². The normalized spacial score (nSPS) is 16.0. The zero-order valence-electron chi connectivity index (χ0n) is 13.5. The van der Waals surface area contributed by atoms with Gasteiger partial charge >= 0.3 is 5.69 Å². The van der Waals surface area contributed by atoms with Crippen molar-refractivity contribution in [3.8, 4) is 17.3 Å². The molecular weight excluding hydrogens is 391 g/mol. The van der Waals surface area contributed by atoms with Crippen LogP contribution in [0.3, 0.4) is 0 Å². The van der Waals surface area contributed by atoms with Crippen molar-refractivity contribution in [3.05, 3.63) is 38.4 Å². The van der Waals surface area contributed by atoms with E-state index in [1.54, 1.807) is 0 Å². The van der Waals surface area contributed by atoms with Crippen molar-refractivity contribution in [2.24, 2.45) is 0 Å². The number of aromatic hydroxyl groups is 1. The number of hydrogen-bond acceptors (Lipinski definition) is 5. The van der Waals surface area contributed by atoms with E-state index in [0.29, 0.717) is 5.75 Å². The molecule has 7 nitrogen and oxygen atoms in total. The fourth-order valence-corrected chi connectivity index (χ4v) is 4.53. The van der Waals surface area contributed by atoms with Crippen LogP contribution in [0, 0.1) is 0 Å². The Labute approximate surface area is 154 Å². The monoisotopic (exact) mass is 406 g/mol. The third-order valence-electron chi connectivity index (χ3n) is 3.81. The average Bonchev–Trinajstić information content (AvgIpc) is 2.72. The molecule has 2 aromatic rings. The topological polar surface area (TPSA) is 90.5 Å². The molecule has 0 atom stereocenters. The predicted octanol–water partition coefficient (Wildman–Crippen LogP) is 2.37. The number of imidazole rings is 1. The molecular formula is C15H16Cl2N2O5S. The highest BCUT2D eigenvalue weighted by Gasteiger charge is 2.30. The Morgan fingerprint density at radius 1 is 1.24 bits per heavy atom. The minimum Gasteiger partial charge on any atom is -0.493 e. The summed E-state index contributed by atoms with van der Waals surface area (Å²) in [6, 6.07) is 2.86. The maximum absolute atomic E-state index is 12.7. The van der Waals surface area contributed by atoms with Gasteiger partial charge in [-0.15, -0.1) is 0 Å². The Morgan fingerprint density at radius 3 is 2.56 bits per heavy atom. The lowest BCUT2D eigenvalue weighted by molar-refractivity contribution is 0.242. The summed E-state index contributed by atoms with van der Waals surface area (Å²) in [5.74, 6) is -0.701. The molecule has 0 amide bonds. The second-order valence-corrected chi connectivity index (χ2v) is 9.03. The lowest BCUT2D eigenvalue weighted by Crippen LogP contribution is -2.31. The van der Waals surface area contributed by atoms with Gasteiger partial charge in [-0.05, 0) is 19.9 Å². The Hall–Kier alpha value is -1.64. The van der Waals surface area contributed by atoms with Crippen LogP contribution < -0.4 is 10.4 Å². The van der Waals surface area contributed by atoms with E-state index in [1.165, 1.54) is 16.7 Å². The van der Waals surface area contributed by atoms with Gasteiger partial charge in [0.2, 0.25) is 5.88 Å². The van der Waals surface area contributed by atoms with Gasteiger partial charge in [-0.1, -0.05) is 23.2 Å². The number of sulfone groups is 1. The first-order chi connectivity index (χ1) is 11.6. The first-order valence-corrected chi connectivity index (χ1v) is 10.1. The largest absolute Gasteiger partial charge is 0.493 e. The maximum atomic E-state index is 12.7. The Kier molecular flexibility index (Phi) is 4.55. The van der Waals surface area contributed by atoms with E-state index in [9.17, 15) is 18.3 Å². The maximum Gasteiger partial charge on any atom is 0.336 e. The smallest absolute Gasteiger partial charge is 0.336 e. The van der Waals surface area contributed by atoms with Crippen molar-refractivity contribution in [1.82, 2.24) is 9.13 Å². The van der Waals surface area contributed by atoms with Gasteiger partial charge in [-0.25, -0.2) is 17.8 Å². The first kappa shape index (κ1) is 18.2. The molecule has 0 unspecified atom stereocenters. The third-order valence-corrected chi connectivity index (χ3v) is 5.92. The van der Waals surface area contributed by atoms with Crippen LogP contribution in [0.15, 0.2) is 16.9 Å². The van der Waals surface area contributed by atoms with Crippen molar-refractivity contribution in [2.75, 3.05) is 5.75 Å². The Balaban J connectivity index is 2.22. The molecule has 1 N–H and O–H groups in total. The lowest BCUT2D eigenvalue weighted by Gasteiger charge is -2.14. The van der Waals surface area contributed by atoms with E-state index in [4.69, 9.17) is 27.9 Å². The molecule has 1 aromatic heterocycles. The molecule has 1 aliphatic rings. The third kappa shape index (κ3) is 3.26. The summed E-state index contributed by atoms with van der Waals surface area (Å²) in [6.45, 7) is 3.62. The van der Waals surface area contributed by atoms with E-state index in [0.717, 1.165) is 4.57 Å². The molecule has 1 aromatic carbocycles. The second-order valence-electron chi connectivity index (χ2n) is 6.03. The van der Waals surface area contributed by atoms with Gasteiger partial charge in [-0.2, -0.15) is 0 Å². The SMILES string of the molecule is CC(C)Oc1cc(-n2c(O)c3n(c2=O)CCS(=O)(=O)C3)c(Cl)cc1Cl. The van der Waals surface area contributed by atoms with E-state index < -0.39 is 27.2 Å². The van der Waals surface area contributed by atoms with Crippen LogP contribution in [0.4, 0.5) is 0 Å². The molecule has 0 spiro atoms. The van der Waals surface area contributed by atoms with Crippen molar-refractivity contribution in [2.45, 2.75) is 32.2 Å². The van der Waals surface area contributed by atoms with Crippen LogP contribution in [0.2, 0.25) is 10.0 Å². The van der Waals surface area contributed by atoms with Crippen LogP contribution >= 0.6 is 23.2 Å². The molecule has 0 saturated heterocycles. The number of nitrogens with zero attached hydrogens (tertiary/aromatic N) is 2. The number of hydrogen-bond donors (Lipinski definition) is 1. The summed E-state index contributed by atoms with van der Waals surface area (Å²) >= 11 is 12.3. The van der Waals surface area contributed by atoms with E-state index in [1.807, 2.05) is 13.8 Å². The summed E-state index contributed by atoms with van der Waals surface area (Å²) < 4.78 is 31.4. The van der Waals surface area contributed by atoms with Crippen LogP contribution in [-0.2, 0) is 22.1 Å². The predicted molar refractivity (Wildman–Crippen MR) is 95.0 cm³/mol. The van der Waals surface area contributed by atoms with Gasteiger partial charge < -0.3 is 9.84 Å². The summed E-state index contributed by atoms with van der Waals surface area (Å²) in [7, 11) is -3.36. The lowest BCUT2D eigenvalue weighted by atomic mass is 10.3. The zero-order chi connectivity index (χ0) is 18.5. The molecule has 10 heteroatoms. The number of fused-ring (bicyclic) bond motifs is 1. The van der Waals surface area contributed by atoms with E-state index in [2.05, 4.69) is 0 Å². The quantitative estimate of drug-likeness (QED) is 0.844. The molecule has 0 radical (unpaired) electrons. The minimum atomic E-state index is -3.36. The van der Waals surface area contributed by atoms with Gasteiger partial charge in [0.1, 0.15) is 5.75 Å². The van der Waals surface area contributed by atoms with Crippen molar-refractivity contribution >= 4 is 33.0 Å². The second kappa shape index (κ2) is 6.26. The highest BCUT2D eigenvalue weighted by Crippen LogP contribution is 2.36. The molecule has 0 bridgehead atoms. The number of rotatable bonds is 3. The standard InChI is InChI=1S/C15H16Cl2N2O5S/c1-8(2)24-13-6-11(9(16)5-10(13)17)19-14(20)12-7-25(22,23)4-3-18(12)15(19)21/h5-6,8,20H,3-4,7H2,1-2H3. The molecule has 0 fully saturated rings. The fraction of sp³-hybridized carbons (Fsp3) is 0.400. The van der Waals surface area contributed by atoms with Gasteiger partial charge in [-0.3, -0.25) is 4.57 Å². The highest BCUT2D eigenvalue weighted by atomic mass is 35.5. The van der Waals surface area contributed by atoms with Crippen molar-refractivity contribution in [1.29, 1.82) is 0 Å². The summed E-state index contributed by atoms with van der Waals surface area (Å²) in [5, 5.41) is 10.8. The fourth-order valence-electron chi connectivity index (χ4n) is 2.71. The number of ether oxygens (including phenoxy) is 1. The highest BCUT2D eigenvalue weighted by molar-refractivity contribution is 7.90. The average molecular weight is 407 g/mol.